The summed E-state index contributed by atoms with van der Waals surface area (Å²) in [5.41, 5.74) is 4.88. The van der Waals surface area contributed by atoms with Crippen molar-refractivity contribution in [1.29, 1.82) is 0 Å². The first kappa shape index (κ1) is 29.8. The highest BCUT2D eigenvalue weighted by Crippen LogP contribution is 2.56. The Hall–Kier alpha value is -3.73. The van der Waals surface area contributed by atoms with Crippen LogP contribution in [0.3, 0.4) is 0 Å². The van der Waals surface area contributed by atoms with E-state index in [1.807, 2.05) is 20.8 Å². The summed E-state index contributed by atoms with van der Waals surface area (Å²) in [6.07, 6.45) is 1.86. The smallest absolute Gasteiger partial charge is 0.248 e. The number of hydrogen-bond acceptors (Lipinski definition) is 6. The molecule has 2 aromatic carbocycles. The lowest BCUT2D eigenvalue weighted by Gasteiger charge is -2.37. The molecule has 5 rings (SSSR count). The van der Waals surface area contributed by atoms with E-state index in [0.29, 0.717) is 22.8 Å². The zero-order valence-corrected chi connectivity index (χ0v) is 24.9. The van der Waals surface area contributed by atoms with Gasteiger partial charge in [0, 0.05) is 23.7 Å². The summed E-state index contributed by atoms with van der Waals surface area (Å²) in [7, 11) is 1.39. The molecule has 12 heteroatoms. The molecule has 1 fully saturated rings. The van der Waals surface area contributed by atoms with Crippen molar-refractivity contribution < 1.29 is 23.5 Å². The molecule has 0 saturated carbocycles. The summed E-state index contributed by atoms with van der Waals surface area (Å²) in [4.78, 5) is 44.6. The number of rotatable bonds is 6. The molecular weight excluding hydrogens is 584 g/mol. The molecule has 220 valence electrons. The van der Waals surface area contributed by atoms with Gasteiger partial charge in [-0.15, -0.1) is 0 Å². The fraction of sp³-hybridized carbons (Fsp3) is 0.333. The van der Waals surface area contributed by atoms with Crippen LogP contribution < -0.4 is 26.4 Å². The Morgan fingerprint density at radius 2 is 1.93 bits per heavy atom. The second kappa shape index (κ2) is 10.8. The van der Waals surface area contributed by atoms with E-state index in [1.54, 1.807) is 12.1 Å². The number of nitrogens with two attached hydrogens (primary N) is 1. The second-order valence-corrected chi connectivity index (χ2v) is 12.6. The Balaban J connectivity index is 1.70. The number of fused-ring (bicyclic) bond motifs is 2. The number of nitrogens with zero attached hydrogens (tertiary/aromatic N) is 1. The van der Waals surface area contributed by atoms with Crippen LogP contribution in [0.2, 0.25) is 10.0 Å². The van der Waals surface area contributed by atoms with Crippen LogP contribution >= 0.6 is 23.2 Å². The number of nitrogens with one attached hydrogen (secondary N) is 3. The van der Waals surface area contributed by atoms with E-state index >= 15 is 4.39 Å². The van der Waals surface area contributed by atoms with Gasteiger partial charge in [-0.3, -0.25) is 19.4 Å². The minimum Gasteiger partial charge on any atom is -0.495 e. The predicted molar refractivity (Wildman–Crippen MR) is 159 cm³/mol. The van der Waals surface area contributed by atoms with E-state index in [9.17, 15) is 14.4 Å². The van der Waals surface area contributed by atoms with E-state index in [1.165, 1.54) is 43.6 Å². The Bertz CT molecular complexity index is 1610. The van der Waals surface area contributed by atoms with Gasteiger partial charge in [0.15, 0.2) is 0 Å². The van der Waals surface area contributed by atoms with Gasteiger partial charge in [0.1, 0.15) is 17.0 Å². The molecule has 1 aromatic heterocycles. The van der Waals surface area contributed by atoms with Gasteiger partial charge in [-0.25, -0.2) is 4.39 Å². The van der Waals surface area contributed by atoms with E-state index in [-0.39, 0.29) is 33.0 Å². The molecule has 2 aliphatic rings. The van der Waals surface area contributed by atoms with Crippen LogP contribution in [0.5, 0.6) is 5.75 Å². The Kier molecular flexibility index (Phi) is 7.67. The van der Waals surface area contributed by atoms with Crippen LogP contribution in [-0.2, 0) is 15.0 Å². The summed E-state index contributed by atoms with van der Waals surface area (Å²) < 4.78 is 21.3. The summed E-state index contributed by atoms with van der Waals surface area (Å²) in [6.45, 7) is 6.04. The molecule has 2 aliphatic heterocycles. The minimum absolute atomic E-state index is 0.0855. The lowest BCUT2D eigenvalue weighted by molar-refractivity contribution is -0.122. The van der Waals surface area contributed by atoms with Crippen LogP contribution in [0, 0.1) is 11.2 Å². The van der Waals surface area contributed by atoms with E-state index in [0.717, 1.165) is 0 Å². The van der Waals surface area contributed by atoms with Gasteiger partial charge in [-0.05, 0) is 47.7 Å². The van der Waals surface area contributed by atoms with Crippen molar-refractivity contribution in [2.24, 2.45) is 11.1 Å². The van der Waals surface area contributed by atoms with Crippen molar-refractivity contribution >= 4 is 52.3 Å². The minimum atomic E-state index is -1.50. The topological polar surface area (TPSA) is 135 Å². The Morgan fingerprint density at radius 1 is 1.19 bits per heavy atom. The van der Waals surface area contributed by atoms with Gasteiger partial charge in [0.05, 0.1) is 40.3 Å². The molecule has 9 nitrogen and oxygen atoms in total. The first-order valence-corrected chi connectivity index (χ1v) is 14.0. The number of benzene rings is 2. The lowest BCUT2D eigenvalue weighted by atomic mass is 9.64. The molecule has 0 aliphatic carbocycles. The standard InChI is InChI=1S/C30H30Cl2FN5O4/c1-29(2,3)12-21-30(25-19(37-28(30)41)11-15(31)13-35-25)22(16-6-5-7-17(32)23(16)33)24(38-21)27(40)36-18-9-8-14(26(34)39)10-20(18)42-4/h5-11,13,21-22,24,38H,12H2,1-4H3,(H2,34,39)(H,36,40)(H,37,41)/t21-,22-,24+,30+/m0/s1. The first-order valence-electron chi connectivity index (χ1n) is 13.2. The second-order valence-electron chi connectivity index (χ2n) is 11.7. The monoisotopic (exact) mass is 613 g/mol. The zero-order valence-electron chi connectivity index (χ0n) is 23.3. The van der Waals surface area contributed by atoms with Crippen molar-refractivity contribution in [3.63, 3.8) is 0 Å². The summed E-state index contributed by atoms with van der Waals surface area (Å²) in [6, 6.07) is 8.68. The van der Waals surface area contributed by atoms with Crippen LogP contribution in [0.15, 0.2) is 48.7 Å². The van der Waals surface area contributed by atoms with E-state index < -0.39 is 47.0 Å². The maximum atomic E-state index is 15.9. The third kappa shape index (κ3) is 4.97. The number of pyridine rings is 1. The molecule has 1 spiro atoms. The third-order valence-corrected chi connectivity index (χ3v) is 8.28. The predicted octanol–water partition coefficient (Wildman–Crippen LogP) is 5.02. The quantitative estimate of drug-likeness (QED) is 0.308. The van der Waals surface area contributed by atoms with Gasteiger partial charge in [-0.2, -0.15) is 0 Å². The largest absolute Gasteiger partial charge is 0.495 e. The normalized spacial score (nSPS) is 23.0. The average molecular weight is 615 g/mol. The molecule has 5 N–H and O–H groups in total. The number of methoxy groups -OCH3 is 1. The summed E-state index contributed by atoms with van der Waals surface area (Å²) in [5, 5.41) is 9.27. The van der Waals surface area contributed by atoms with Crippen molar-refractivity contribution in [2.75, 3.05) is 17.7 Å². The zero-order chi connectivity index (χ0) is 30.6. The third-order valence-electron chi connectivity index (χ3n) is 7.78. The number of halogens is 3. The number of hydrogen-bond donors (Lipinski definition) is 4. The van der Waals surface area contributed by atoms with E-state index in [4.69, 9.17) is 33.7 Å². The molecule has 0 unspecified atom stereocenters. The molecule has 4 atom stereocenters. The maximum absolute atomic E-state index is 15.9. The van der Waals surface area contributed by atoms with Crippen molar-refractivity contribution in [3.8, 4) is 5.75 Å². The van der Waals surface area contributed by atoms with Crippen molar-refractivity contribution in [3.05, 3.63) is 81.3 Å². The Labute approximate surface area is 252 Å². The number of primary amides is 1. The van der Waals surface area contributed by atoms with Crippen LogP contribution in [0.4, 0.5) is 15.8 Å². The fourth-order valence-electron chi connectivity index (χ4n) is 6.14. The highest BCUT2D eigenvalue weighted by Gasteiger charge is 2.67. The first-order chi connectivity index (χ1) is 19.8. The molecule has 3 aromatic rings. The molecule has 0 radical (unpaired) electrons. The molecule has 0 bridgehead atoms. The Morgan fingerprint density at radius 3 is 2.60 bits per heavy atom. The molecule has 3 heterocycles. The van der Waals surface area contributed by atoms with Crippen molar-refractivity contribution in [2.45, 2.75) is 50.6 Å². The SMILES string of the molecule is COc1cc(C(N)=O)ccc1NC(=O)[C@@H]1N[C@@H](CC(C)(C)C)[C@@]2(C(=O)Nc3cc(Cl)cnc32)[C@H]1c1cccc(Cl)c1F. The van der Waals surface area contributed by atoms with Gasteiger partial charge in [-0.1, -0.05) is 56.1 Å². The maximum Gasteiger partial charge on any atom is 0.248 e. The van der Waals surface area contributed by atoms with Gasteiger partial charge in [0.25, 0.3) is 0 Å². The number of carbonyl (C=O) groups excluding carboxylic acids is 3. The molecule has 1 saturated heterocycles. The number of aromatic nitrogens is 1. The number of amides is 3. The molecule has 3 amide bonds. The highest BCUT2D eigenvalue weighted by molar-refractivity contribution is 6.31. The van der Waals surface area contributed by atoms with Crippen LogP contribution in [0.1, 0.15) is 54.7 Å². The summed E-state index contributed by atoms with van der Waals surface area (Å²) in [5.74, 6) is -3.27. The van der Waals surface area contributed by atoms with Gasteiger partial charge in [0.2, 0.25) is 17.7 Å². The number of ether oxygens (including phenoxy) is 1. The van der Waals surface area contributed by atoms with Crippen LogP contribution in [0.25, 0.3) is 0 Å². The molecular formula is C30H30Cl2FN5O4. The van der Waals surface area contributed by atoms with Gasteiger partial charge >= 0.3 is 0 Å². The highest BCUT2D eigenvalue weighted by atomic mass is 35.5. The number of anilines is 2. The molecule has 42 heavy (non-hydrogen) atoms. The van der Waals surface area contributed by atoms with Crippen LogP contribution in [-0.4, -0.2) is 41.9 Å². The number of carbonyl (C=O) groups is 3. The van der Waals surface area contributed by atoms with Gasteiger partial charge < -0.3 is 26.4 Å². The summed E-state index contributed by atoms with van der Waals surface area (Å²) >= 11 is 12.5. The van der Waals surface area contributed by atoms with E-state index in [2.05, 4.69) is 20.9 Å². The lowest BCUT2D eigenvalue weighted by Crippen LogP contribution is -2.50. The fourth-order valence-corrected chi connectivity index (χ4v) is 6.48. The average Bonchev–Trinajstić information content (AvgIpc) is 3.39. The van der Waals surface area contributed by atoms with Crippen molar-refractivity contribution in [1.82, 2.24) is 10.3 Å².